The van der Waals surface area contributed by atoms with Gasteiger partial charge in [0.1, 0.15) is 0 Å². The van der Waals surface area contributed by atoms with Crippen molar-refractivity contribution in [1.82, 2.24) is 15.1 Å². The van der Waals surface area contributed by atoms with Gasteiger partial charge >= 0.3 is 0 Å². The van der Waals surface area contributed by atoms with Gasteiger partial charge < -0.3 is 4.90 Å². The molecule has 0 saturated heterocycles. The molecule has 0 saturated carbocycles. The van der Waals surface area contributed by atoms with Crippen molar-refractivity contribution in [3.8, 4) is 0 Å². The number of hydrogen-bond acceptors (Lipinski definition) is 2. The van der Waals surface area contributed by atoms with Gasteiger partial charge in [0.05, 0.1) is 18.2 Å². The molecule has 1 amide bonds. The van der Waals surface area contributed by atoms with Gasteiger partial charge in [0.25, 0.3) is 0 Å². The van der Waals surface area contributed by atoms with Crippen molar-refractivity contribution in [2.24, 2.45) is 0 Å². The van der Waals surface area contributed by atoms with Crippen LogP contribution in [-0.2, 0) is 11.2 Å². The lowest BCUT2D eigenvalue weighted by molar-refractivity contribution is -0.131. The number of nitrogens with zero attached hydrogens (tertiary/aromatic N) is 2. The minimum atomic E-state index is 0.0104. The summed E-state index contributed by atoms with van der Waals surface area (Å²) in [6.45, 7) is 10.4. The lowest BCUT2D eigenvalue weighted by atomic mass is 10.00. The molecule has 1 aromatic carbocycles. The fraction of sp³-hybridized carbons (Fsp3) is 0.474. The third-order valence-electron chi connectivity index (χ3n) is 4.58. The third-order valence-corrected chi connectivity index (χ3v) is 4.58. The molecule has 0 aliphatic heterocycles. The van der Waals surface area contributed by atoms with E-state index in [1.807, 2.05) is 27.8 Å². The smallest absolute Gasteiger partial charge is 0.227 e. The van der Waals surface area contributed by atoms with Crippen LogP contribution >= 0.6 is 0 Å². The number of aryl methyl sites for hydroxylation is 2. The summed E-state index contributed by atoms with van der Waals surface area (Å²) in [6, 6.07) is 8.35. The Morgan fingerprint density at radius 1 is 1.17 bits per heavy atom. The fourth-order valence-electron chi connectivity index (χ4n) is 2.90. The molecule has 1 aromatic heterocycles. The van der Waals surface area contributed by atoms with Gasteiger partial charge in [-0.15, -0.1) is 0 Å². The number of likely N-dealkylation sites (N-methyl/N-ethyl adjacent to an activating group) is 1. The molecule has 1 atom stereocenters. The molecule has 23 heavy (non-hydrogen) atoms. The molecule has 4 heteroatoms. The van der Waals surface area contributed by atoms with E-state index in [2.05, 4.69) is 48.3 Å². The number of carbonyl (C=O) groups is 1. The number of benzene rings is 1. The second kappa shape index (κ2) is 6.99. The summed E-state index contributed by atoms with van der Waals surface area (Å²) in [5.41, 5.74) is 5.44. The molecule has 0 aliphatic rings. The summed E-state index contributed by atoms with van der Waals surface area (Å²) < 4.78 is 0. The normalized spacial score (nSPS) is 12.5. The Balaban J connectivity index is 2.08. The van der Waals surface area contributed by atoms with E-state index < -0.39 is 0 Å². The monoisotopic (exact) mass is 313 g/mol. The number of rotatable bonds is 5. The third kappa shape index (κ3) is 3.81. The van der Waals surface area contributed by atoms with E-state index in [0.717, 1.165) is 22.5 Å². The molecule has 1 N–H and O–H groups in total. The predicted molar refractivity (Wildman–Crippen MR) is 93.5 cm³/mol. The predicted octanol–water partition coefficient (Wildman–Crippen LogP) is 3.91. The van der Waals surface area contributed by atoms with E-state index in [-0.39, 0.29) is 11.9 Å². The van der Waals surface area contributed by atoms with Gasteiger partial charge in [-0.1, -0.05) is 38.1 Å². The van der Waals surface area contributed by atoms with Gasteiger partial charge in [0.15, 0.2) is 0 Å². The number of aromatic nitrogens is 2. The molecule has 0 aliphatic carbocycles. The van der Waals surface area contributed by atoms with Crippen molar-refractivity contribution in [2.45, 2.75) is 53.0 Å². The van der Waals surface area contributed by atoms with Crippen molar-refractivity contribution in [1.29, 1.82) is 0 Å². The number of nitrogens with one attached hydrogen (secondary N) is 1. The first kappa shape index (κ1) is 17.3. The van der Waals surface area contributed by atoms with Crippen LogP contribution in [0.5, 0.6) is 0 Å². The van der Waals surface area contributed by atoms with Crippen LogP contribution in [0.3, 0.4) is 0 Å². The standard InChI is InChI=1S/C19H27N3O/c1-12(2)17-9-7-16(8-10-17)11-18(23)22(6)15(5)19-13(3)20-21-14(19)4/h7-10,12,15H,11H2,1-6H3,(H,20,21)/t15-/m0/s1. The summed E-state index contributed by atoms with van der Waals surface area (Å²) in [5.74, 6) is 0.629. The number of amides is 1. The Kier molecular flexibility index (Phi) is 5.24. The van der Waals surface area contributed by atoms with Crippen LogP contribution in [0.1, 0.15) is 60.8 Å². The summed E-state index contributed by atoms with van der Waals surface area (Å²) in [7, 11) is 1.86. The quantitative estimate of drug-likeness (QED) is 0.909. The summed E-state index contributed by atoms with van der Waals surface area (Å²) in [6.07, 6.45) is 0.426. The van der Waals surface area contributed by atoms with E-state index in [4.69, 9.17) is 0 Å². The van der Waals surface area contributed by atoms with Gasteiger partial charge in [0, 0.05) is 18.3 Å². The molecule has 1 heterocycles. The first-order valence-electron chi connectivity index (χ1n) is 8.17. The largest absolute Gasteiger partial charge is 0.339 e. The fourth-order valence-corrected chi connectivity index (χ4v) is 2.90. The lowest BCUT2D eigenvalue weighted by Gasteiger charge is -2.25. The van der Waals surface area contributed by atoms with Crippen molar-refractivity contribution in [3.63, 3.8) is 0 Å². The minimum absolute atomic E-state index is 0.0104. The highest BCUT2D eigenvalue weighted by Crippen LogP contribution is 2.24. The molecule has 2 rings (SSSR count). The maximum atomic E-state index is 12.6. The summed E-state index contributed by atoms with van der Waals surface area (Å²) in [5, 5.41) is 7.22. The van der Waals surface area contributed by atoms with Gasteiger partial charge in [-0.2, -0.15) is 5.10 Å². The number of hydrogen-bond donors (Lipinski definition) is 1. The molecule has 0 bridgehead atoms. The van der Waals surface area contributed by atoms with E-state index in [1.54, 1.807) is 4.90 Å². The van der Waals surface area contributed by atoms with E-state index in [9.17, 15) is 4.79 Å². The second-order valence-electron chi connectivity index (χ2n) is 6.60. The number of aromatic amines is 1. The van der Waals surface area contributed by atoms with E-state index in [1.165, 1.54) is 5.56 Å². The first-order chi connectivity index (χ1) is 10.8. The second-order valence-corrected chi connectivity index (χ2v) is 6.60. The highest BCUT2D eigenvalue weighted by Gasteiger charge is 2.22. The average molecular weight is 313 g/mol. The molecule has 4 nitrogen and oxygen atoms in total. The Hall–Kier alpha value is -2.10. The number of carbonyl (C=O) groups excluding carboxylic acids is 1. The Labute approximate surface area is 138 Å². The SMILES string of the molecule is Cc1n[nH]c(C)c1[C@H](C)N(C)C(=O)Cc1ccc(C(C)C)cc1. The first-order valence-corrected chi connectivity index (χ1v) is 8.17. The van der Waals surface area contributed by atoms with Crippen molar-refractivity contribution >= 4 is 5.91 Å². The maximum absolute atomic E-state index is 12.6. The highest BCUT2D eigenvalue weighted by molar-refractivity contribution is 5.79. The van der Waals surface area contributed by atoms with Crippen LogP contribution in [-0.4, -0.2) is 28.1 Å². The van der Waals surface area contributed by atoms with Crippen LogP contribution in [0.4, 0.5) is 0 Å². The van der Waals surface area contributed by atoms with Crippen LogP contribution in [0.15, 0.2) is 24.3 Å². The lowest BCUT2D eigenvalue weighted by Crippen LogP contribution is -2.31. The molecule has 0 fully saturated rings. The van der Waals surface area contributed by atoms with Crippen molar-refractivity contribution < 1.29 is 4.79 Å². The summed E-state index contributed by atoms with van der Waals surface area (Å²) >= 11 is 0. The van der Waals surface area contributed by atoms with Crippen molar-refractivity contribution in [3.05, 3.63) is 52.3 Å². The minimum Gasteiger partial charge on any atom is -0.339 e. The number of H-pyrrole nitrogens is 1. The zero-order valence-electron chi connectivity index (χ0n) is 15.0. The molecule has 124 valence electrons. The summed E-state index contributed by atoms with van der Waals surface area (Å²) in [4.78, 5) is 14.4. The van der Waals surface area contributed by atoms with Gasteiger partial charge in [-0.25, -0.2) is 0 Å². The maximum Gasteiger partial charge on any atom is 0.227 e. The van der Waals surface area contributed by atoms with Crippen LogP contribution in [0.25, 0.3) is 0 Å². The van der Waals surface area contributed by atoms with Crippen LogP contribution in [0.2, 0.25) is 0 Å². The van der Waals surface area contributed by atoms with Gasteiger partial charge in [0.2, 0.25) is 5.91 Å². The van der Waals surface area contributed by atoms with E-state index >= 15 is 0 Å². The Bertz CT molecular complexity index is 651. The zero-order valence-corrected chi connectivity index (χ0v) is 15.0. The molecule has 2 aromatic rings. The zero-order chi connectivity index (χ0) is 17.1. The average Bonchev–Trinajstić information content (AvgIpc) is 2.85. The van der Waals surface area contributed by atoms with Crippen molar-refractivity contribution in [2.75, 3.05) is 7.05 Å². The highest BCUT2D eigenvalue weighted by atomic mass is 16.2. The van der Waals surface area contributed by atoms with Gasteiger partial charge in [-0.05, 0) is 37.8 Å². The van der Waals surface area contributed by atoms with E-state index in [0.29, 0.717) is 12.3 Å². The molecule has 0 spiro atoms. The molecule has 0 unspecified atom stereocenters. The topological polar surface area (TPSA) is 49.0 Å². The van der Waals surface area contributed by atoms with Crippen LogP contribution < -0.4 is 0 Å². The molecular weight excluding hydrogens is 286 g/mol. The molecule has 0 radical (unpaired) electrons. The van der Waals surface area contributed by atoms with Gasteiger partial charge in [-0.3, -0.25) is 9.89 Å². The molecular formula is C19H27N3O. The Morgan fingerprint density at radius 3 is 2.26 bits per heavy atom. The Morgan fingerprint density at radius 2 is 1.78 bits per heavy atom. The van der Waals surface area contributed by atoms with Crippen LogP contribution in [0, 0.1) is 13.8 Å².